The number of esters is 1. The van der Waals surface area contributed by atoms with Crippen LogP contribution in [-0.4, -0.2) is 39.1 Å². The van der Waals surface area contributed by atoms with Gasteiger partial charge in [-0.05, 0) is 30.7 Å². The van der Waals surface area contributed by atoms with Gasteiger partial charge < -0.3 is 24.3 Å². The quantitative estimate of drug-likeness (QED) is 0.557. The second kappa shape index (κ2) is 8.43. The number of carbonyl (C=O) groups is 1. The minimum absolute atomic E-state index is 0.0806. The van der Waals surface area contributed by atoms with Gasteiger partial charge in [-0.2, -0.15) is 0 Å². The van der Waals surface area contributed by atoms with Crippen molar-refractivity contribution < 1.29 is 23.7 Å². The van der Waals surface area contributed by atoms with Crippen LogP contribution in [-0.2, 0) is 19.0 Å². The normalized spacial score (nSPS) is 18.1. The molecular formula is C17H23NO5. The highest BCUT2D eigenvalue weighted by molar-refractivity contribution is 5.85. The molecule has 0 saturated carbocycles. The van der Waals surface area contributed by atoms with Crippen LogP contribution in [0.15, 0.2) is 36.1 Å². The van der Waals surface area contributed by atoms with E-state index in [1.54, 1.807) is 7.11 Å². The molecule has 0 spiro atoms. The predicted octanol–water partition coefficient (Wildman–Crippen LogP) is 2.71. The maximum absolute atomic E-state index is 11.6. The van der Waals surface area contributed by atoms with Crippen LogP contribution in [0.2, 0.25) is 0 Å². The van der Waals surface area contributed by atoms with Gasteiger partial charge in [0.25, 0.3) is 0 Å². The van der Waals surface area contributed by atoms with Crippen LogP contribution in [0.5, 0.6) is 5.75 Å². The topological polar surface area (TPSA) is 66.0 Å². The van der Waals surface area contributed by atoms with Crippen molar-refractivity contribution in [3.63, 3.8) is 0 Å². The average molecular weight is 321 g/mol. The molecule has 6 nitrogen and oxygen atoms in total. The van der Waals surface area contributed by atoms with Gasteiger partial charge in [0.2, 0.25) is 0 Å². The van der Waals surface area contributed by atoms with Gasteiger partial charge in [-0.25, -0.2) is 4.79 Å². The molecule has 23 heavy (non-hydrogen) atoms. The number of cyclic esters (lactones) is 1. The Morgan fingerprint density at radius 2 is 2.00 bits per heavy atom. The van der Waals surface area contributed by atoms with E-state index in [0.717, 1.165) is 24.3 Å². The van der Waals surface area contributed by atoms with Crippen molar-refractivity contribution in [2.45, 2.75) is 31.9 Å². The first kappa shape index (κ1) is 17.1. The number of ether oxygens (including phenoxy) is 4. The number of hydrogen-bond acceptors (Lipinski definition) is 6. The third kappa shape index (κ3) is 4.63. The van der Waals surface area contributed by atoms with Gasteiger partial charge in [0, 0.05) is 12.8 Å². The fourth-order valence-corrected chi connectivity index (χ4v) is 2.46. The zero-order chi connectivity index (χ0) is 16.7. The largest absolute Gasteiger partial charge is 0.497 e. The van der Waals surface area contributed by atoms with Crippen LogP contribution in [0, 0.1) is 0 Å². The number of benzene rings is 1. The van der Waals surface area contributed by atoms with Crippen molar-refractivity contribution in [3.8, 4) is 5.75 Å². The zero-order valence-electron chi connectivity index (χ0n) is 13.7. The van der Waals surface area contributed by atoms with Crippen LogP contribution in [0.4, 0.5) is 5.69 Å². The van der Waals surface area contributed by atoms with Gasteiger partial charge >= 0.3 is 5.97 Å². The number of methoxy groups -OCH3 is 2. The summed E-state index contributed by atoms with van der Waals surface area (Å²) in [6.45, 7) is 2.17. The lowest BCUT2D eigenvalue weighted by molar-refractivity contribution is -0.140. The van der Waals surface area contributed by atoms with Gasteiger partial charge in [-0.3, -0.25) is 0 Å². The lowest BCUT2D eigenvalue weighted by Crippen LogP contribution is -2.36. The van der Waals surface area contributed by atoms with E-state index < -0.39 is 12.1 Å². The first-order valence-electron chi connectivity index (χ1n) is 7.62. The minimum atomic E-state index is -0.459. The average Bonchev–Trinajstić information content (AvgIpc) is 2.94. The third-order valence-electron chi connectivity index (χ3n) is 3.53. The van der Waals surface area contributed by atoms with E-state index in [4.69, 9.17) is 18.9 Å². The van der Waals surface area contributed by atoms with Gasteiger partial charge in [-0.15, -0.1) is 0 Å². The highest BCUT2D eigenvalue weighted by Gasteiger charge is 2.34. The van der Waals surface area contributed by atoms with E-state index in [1.807, 2.05) is 24.3 Å². The first-order valence-corrected chi connectivity index (χ1v) is 7.62. The molecule has 1 aromatic rings. The molecule has 0 radical (unpaired) electrons. The van der Waals surface area contributed by atoms with E-state index in [2.05, 4.69) is 12.2 Å². The van der Waals surface area contributed by atoms with E-state index in [1.165, 1.54) is 13.2 Å². The molecule has 0 saturated heterocycles. The number of carbonyl (C=O) groups excluding carboxylic acids is 1. The summed E-state index contributed by atoms with van der Waals surface area (Å²) in [7, 11) is 3.16. The lowest BCUT2D eigenvalue weighted by Gasteiger charge is -2.26. The highest BCUT2D eigenvalue weighted by atomic mass is 16.7. The van der Waals surface area contributed by atoms with Crippen LogP contribution in [0.3, 0.4) is 0 Å². The molecule has 1 aliphatic heterocycles. The Morgan fingerprint density at radius 3 is 2.61 bits per heavy atom. The van der Waals surface area contributed by atoms with Crippen LogP contribution in [0.25, 0.3) is 0 Å². The number of hydrogen-bond donors (Lipinski definition) is 1. The Labute approximate surface area is 136 Å². The van der Waals surface area contributed by atoms with Crippen molar-refractivity contribution >= 4 is 11.7 Å². The fourth-order valence-electron chi connectivity index (χ4n) is 2.46. The zero-order valence-corrected chi connectivity index (χ0v) is 13.7. The van der Waals surface area contributed by atoms with E-state index in [-0.39, 0.29) is 12.8 Å². The molecule has 2 rings (SSSR count). The number of anilines is 1. The van der Waals surface area contributed by atoms with Gasteiger partial charge in [-0.1, -0.05) is 13.3 Å². The predicted molar refractivity (Wildman–Crippen MR) is 86.2 cm³/mol. The summed E-state index contributed by atoms with van der Waals surface area (Å²) in [5.41, 5.74) is 0.929. The fraction of sp³-hybridized carbons (Fsp3) is 0.471. The summed E-state index contributed by atoms with van der Waals surface area (Å²) in [6.07, 6.45) is 2.69. The van der Waals surface area contributed by atoms with Crippen molar-refractivity contribution in [1.29, 1.82) is 0 Å². The van der Waals surface area contributed by atoms with Crippen molar-refractivity contribution in [3.05, 3.63) is 36.1 Å². The Morgan fingerprint density at radius 1 is 1.26 bits per heavy atom. The van der Waals surface area contributed by atoms with Crippen molar-refractivity contribution in [1.82, 2.24) is 0 Å². The molecule has 1 aliphatic rings. The van der Waals surface area contributed by atoms with Gasteiger partial charge in [0.15, 0.2) is 12.9 Å². The molecule has 6 heteroatoms. The SMILES string of the molecule is CCC[C@@H](Nc1ccc(OC)cc1)[C@@H]1OC(=O)C=C1OCOC. The second-order valence-electron chi connectivity index (χ2n) is 5.22. The van der Waals surface area contributed by atoms with E-state index in [9.17, 15) is 4.79 Å². The van der Waals surface area contributed by atoms with Crippen LogP contribution in [0.1, 0.15) is 19.8 Å². The molecule has 0 bridgehead atoms. The first-order chi connectivity index (χ1) is 11.2. The van der Waals surface area contributed by atoms with E-state index >= 15 is 0 Å². The van der Waals surface area contributed by atoms with Crippen LogP contribution < -0.4 is 10.1 Å². The summed E-state index contributed by atoms with van der Waals surface area (Å²) < 4.78 is 20.9. The Hall–Kier alpha value is -2.21. The third-order valence-corrected chi connectivity index (χ3v) is 3.53. The number of nitrogens with one attached hydrogen (secondary N) is 1. The Bertz CT molecular complexity index is 540. The van der Waals surface area contributed by atoms with Crippen molar-refractivity contribution in [2.75, 3.05) is 26.3 Å². The molecule has 0 unspecified atom stereocenters. The molecule has 0 aromatic heterocycles. The molecule has 1 aromatic carbocycles. The molecule has 126 valence electrons. The molecular weight excluding hydrogens is 298 g/mol. The maximum atomic E-state index is 11.6. The van der Waals surface area contributed by atoms with Crippen molar-refractivity contribution in [2.24, 2.45) is 0 Å². The highest BCUT2D eigenvalue weighted by Crippen LogP contribution is 2.26. The summed E-state index contributed by atoms with van der Waals surface area (Å²) in [5, 5.41) is 3.41. The van der Waals surface area contributed by atoms with E-state index in [0.29, 0.717) is 5.76 Å². The second-order valence-corrected chi connectivity index (χ2v) is 5.22. The lowest BCUT2D eigenvalue weighted by atomic mass is 10.0. The van der Waals surface area contributed by atoms with Gasteiger partial charge in [0.05, 0.1) is 19.2 Å². The molecule has 2 atom stereocenters. The Balaban J connectivity index is 2.09. The summed E-state index contributed by atoms with van der Waals surface area (Å²) in [4.78, 5) is 11.6. The number of rotatable bonds is 9. The monoisotopic (exact) mass is 321 g/mol. The minimum Gasteiger partial charge on any atom is -0.497 e. The Kier molecular flexibility index (Phi) is 6.29. The van der Waals surface area contributed by atoms with Gasteiger partial charge in [0.1, 0.15) is 11.5 Å². The molecule has 1 heterocycles. The maximum Gasteiger partial charge on any atom is 0.335 e. The standard InChI is InChI=1S/C17H23NO5/c1-4-5-14(18-12-6-8-13(21-3)9-7-12)17-15(22-11-20-2)10-16(19)23-17/h6-10,14,17-18H,4-5,11H2,1-3H3/t14-,17+/m1/s1. The van der Waals surface area contributed by atoms with Crippen LogP contribution >= 0.6 is 0 Å². The molecule has 0 aliphatic carbocycles. The smallest absolute Gasteiger partial charge is 0.335 e. The molecule has 1 N–H and O–H groups in total. The molecule has 0 fully saturated rings. The summed E-state index contributed by atoms with van der Waals surface area (Å²) in [5.74, 6) is 0.897. The summed E-state index contributed by atoms with van der Waals surface area (Å²) >= 11 is 0. The molecule has 0 amide bonds. The summed E-state index contributed by atoms with van der Waals surface area (Å²) in [6, 6.07) is 7.53.